The molecule has 0 radical (unpaired) electrons. The predicted octanol–water partition coefficient (Wildman–Crippen LogP) is 2.91. The number of hydrogen-bond donors (Lipinski definition) is 1. The second-order valence-corrected chi connectivity index (χ2v) is 8.70. The summed E-state index contributed by atoms with van der Waals surface area (Å²) >= 11 is 0. The van der Waals surface area contributed by atoms with Crippen molar-refractivity contribution in [3.63, 3.8) is 0 Å². The summed E-state index contributed by atoms with van der Waals surface area (Å²) in [5.74, 6) is 0.645. The molecule has 1 aliphatic heterocycles. The van der Waals surface area contributed by atoms with E-state index in [0.29, 0.717) is 31.9 Å². The number of aryl methyl sites for hydroxylation is 2. The molecule has 1 N–H and O–H groups in total. The number of nitro groups is 1. The Hall–Kier alpha value is -2.49. The molecule has 0 saturated carbocycles. The summed E-state index contributed by atoms with van der Waals surface area (Å²) in [4.78, 5) is 10.4. The van der Waals surface area contributed by atoms with E-state index in [4.69, 9.17) is 4.74 Å². The SMILES string of the molecule is Cc1ccc(C)c(Oc2ccc([N+](=O)[O-])cc2S(=O)(=O)N2CCNCC2)c1C. The van der Waals surface area contributed by atoms with Gasteiger partial charge in [0.2, 0.25) is 10.0 Å². The van der Waals surface area contributed by atoms with E-state index < -0.39 is 14.9 Å². The van der Waals surface area contributed by atoms with Gasteiger partial charge < -0.3 is 10.1 Å². The van der Waals surface area contributed by atoms with Crippen LogP contribution < -0.4 is 10.1 Å². The Morgan fingerprint density at radius 2 is 1.71 bits per heavy atom. The molecule has 0 atom stereocenters. The van der Waals surface area contributed by atoms with Gasteiger partial charge >= 0.3 is 0 Å². The lowest BCUT2D eigenvalue weighted by atomic mass is 10.1. The molecule has 0 bridgehead atoms. The minimum absolute atomic E-state index is 0.0842. The lowest BCUT2D eigenvalue weighted by Crippen LogP contribution is -2.46. The van der Waals surface area contributed by atoms with E-state index in [1.54, 1.807) is 0 Å². The normalized spacial score (nSPS) is 15.4. The summed E-state index contributed by atoms with van der Waals surface area (Å²) in [5, 5.41) is 14.3. The van der Waals surface area contributed by atoms with Gasteiger partial charge in [-0.25, -0.2) is 8.42 Å². The van der Waals surface area contributed by atoms with Crippen molar-refractivity contribution in [1.29, 1.82) is 0 Å². The predicted molar refractivity (Wildman–Crippen MR) is 105 cm³/mol. The van der Waals surface area contributed by atoms with E-state index in [1.807, 2.05) is 32.9 Å². The van der Waals surface area contributed by atoms with Crippen LogP contribution in [0.15, 0.2) is 35.2 Å². The fourth-order valence-electron chi connectivity index (χ4n) is 3.11. The Morgan fingerprint density at radius 3 is 2.36 bits per heavy atom. The number of ether oxygens (including phenoxy) is 1. The Morgan fingerprint density at radius 1 is 1.07 bits per heavy atom. The molecule has 3 rings (SSSR count). The smallest absolute Gasteiger partial charge is 0.271 e. The zero-order valence-electron chi connectivity index (χ0n) is 16.1. The van der Waals surface area contributed by atoms with Crippen LogP contribution in [0.4, 0.5) is 5.69 Å². The van der Waals surface area contributed by atoms with Gasteiger partial charge in [-0.1, -0.05) is 12.1 Å². The second kappa shape index (κ2) is 7.86. The van der Waals surface area contributed by atoms with Crippen molar-refractivity contribution >= 4 is 15.7 Å². The van der Waals surface area contributed by atoms with Crippen molar-refractivity contribution in [3.8, 4) is 11.5 Å². The van der Waals surface area contributed by atoms with Crippen LogP contribution in [-0.2, 0) is 10.0 Å². The van der Waals surface area contributed by atoms with Crippen LogP contribution in [0.2, 0.25) is 0 Å². The van der Waals surface area contributed by atoms with Gasteiger partial charge in [0.25, 0.3) is 5.69 Å². The summed E-state index contributed by atoms with van der Waals surface area (Å²) in [7, 11) is -3.94. The topological polar surface area (TPSA) is 102 Å². The lowest BCUT2D eigenvalue weighted by molar-refractivity contribution is -0.385. The van der Waals surface area contributed by atoms with E-state index in [2.05, 4.69) is 5.32 Å². The summed E-state index contributed by atoms with van der Waals surface area (Å²) in [5.41, 5.74) is 2.46. The average Bonchev–Trinajstić information content (AvgIpc) is 2.68. The van der Waals surface area contributed by atoms with E-state index in [9.17, 15) is 18.5 Å². The highest BCUT2D eigenvalue weighted by Gasteiger charge is 2.31. The molecule has 9 heteroatoms. The Balaban J connectivity index is 2.12. The summed E-state index contributed by atoms with van der Waals surface area (Å²) in [6.07, 6.45) is 0. The summed E-state index contributed by atoms with van der Waals surface area (Å²) in [6, 6.07) is 7.55. The van der Waals surface area contributed by atoms with Crippen LogP contribution in [-0.4, -0.2) is 43.8 Å². The van der Waals surface area contributed by atoms with Gasteiger partial charge in [0, 0.05) is 38.3 Å². The highest BCUT2D eigenvalue weighted by Crippen LogP contribution is 2.37. The van der Waals surface area contributed by atoms with Gasteiger partial charge in [0.15, 0.2) is 0 Å². The molecule has 0 unspecified atom stereocenters. The Kier molecular flexibility index (Phi) is 5.69. The molecule has 8 nitrogen and oxygen atoms in total. The first-order chi connectivity index (χ1) is 13.2. The number of nitro benzene ring substituents is 1. The molecule has 2 aromatic carbocycles. The maximum Gasteiger partial charge on any atom is 0.271 e. The number of piperazine rings is 1. The number of sulfonamides is 1. The van der Waals surface area contributed by atoms with E-state index in [0.717, 1.165) is 22.8 Å². The molecule has 28 heavy (non-hydrogen) atoms. The molecule has 0 aliphatic carbocycles. The molecular formula is C19H23N3O5S. The largest absolute Gasteiger partial charge is 0.455 e. The van der Waals surface area contributed by atoms with Crippen LogP contribution in [0.5, 0.6) is 11.5 Å². The molecule has 1 saturated heterocycles. The second-order valence-electron chi connectivity index (χ2n) is 6.80. The van der Waals surface area contributed by atoms with Gasteiger partial charge in [0.05, 0.1) is 4.92 Å². The first-order valence-electron chi connectivity index (χ1n) is 8.96. The minimum atomic E-state index is -3.94. The van der Waals surface area contributed by atoms with Crippen LogP contribution in [0.1, 0.15) is 16.7 Å². The molecule has 1 heterocycles. The van der Waals surface area contributed by atoms with Crippen LogP contribution >= 0.6 is 0 Å². The lowest BCUT2D eigenvalue weighted by Gasteiger charge is -2.27. The molecule has 1 aliphatic rings. The number of benzene rings is 2. The maximum atomic E-state index is 13.2. The number of nitrogens with one attached hydrogen (secondary N) is 1. The average molecular weight is 405 g/mol. The molecule has 1 fully saturated rings. The van der Waals surface area contributed by atoms with Crippen molar-refractivity contribution < 1.29 is 18.1 Å². The first kappa shape index (κ1) is 20.2. The quantitative estimate of drug-likeness (QED) is 0.606. The highest BCUT2D eigenvalue weighted by molar-refractivity contribution is 7.89. The monoisotopic (exact) mass is 405 g/mol. The first-order valence-corrected chi connectivity index (χ1v) is 10.4. The number of hydrogen-bond acceptors (Lipinski definition) is 6. The highest BCUT2D eigenvalue weighted by atomic mass is 32.2. The molecule has 0 spiro atoms. The third-order valence-electron chi connectivity index (χ3n) is 4.92. The standard InChI is InChI=1S/C19H23N3O5S/c1-13-4-5-14(2)19(15(13)3)27-17-7-6-16(22(23)24)12-18(17)28(25,26)21-10-8-20-9-11-21/h4-7,12,20H,8-11H2,1-3H3. The van der Waals surface area contributed by atoms with Gasteiger partial charge in [-0.3, -0.25) is 10.1 Å². The summed E-state index contributed by atoms with van der Waals surface area (Å²) in [6.45, 7) is 7.36. The van der Waals surface area contributed by atoms with Crippen LogP contribution in [0.25, 0.3) is 0 Å². The molecule has 2 aromatic rings. The van der Waals surface area contributed by atoms with Crippen LogP contribution in [0, 0.1) is 30.9 Å². The zero-order valence-corrected chi connectivity index (χ0v) is 16.9. The van der Waals surface area contributed by atoms with E-state index in [-0.39, 0.29) is 16.3 Å². The van der Waals surface area contributed by atoms with Gasteiger partial charge in [-0.15, -0.1) is 0 Å². The van der Waals surface area contributed by atoms with Crippen molar-refractivity contribution in [2.75, 3.05) is 26.2 Å². The fourth-order valence-corrected chi connectivity index (χ4v) is 4.69. The van der Waals surface area contributed by atoms with Gasteiger partial charge in [-0.05, 0) is 43.5 Å². The van der Waals surface area contributed by atoms with Crippen molar-refractivity contribution in [3.05, 3.63) is 57.1 Å². The van der Waals surface area contributed by atoms with Crippen molar-refractivity contribution in [2.45, 2.75) is 25.7 Å². The molecular weight excluding hydrogens is 382 g/mol. The number of non-ortho nitro benzene ring substituents is 1. The third-order valence-corrected chi connectivity index (χ3v) is 6.84. The number of nitrogens with zero attached hydrogens (tertiary/aromatic N) is 2. The molecule has 0 aromatic heterocycles. The fraction of sp³-hybridized carbons (Fsp3) is 0.368. The van der Waals surface area contributed by atoms with Crippen molar-refractivity contribution in [1.82, 2.24) is 9.62 Å². The van der Waals surface area contributed by atoms with Crippen molar-refractivity contribution in [2.24, 2.45) is 0 Å². The number of rotatable bonds is 5. The Bertz CT molecular complexity index is 1010. The summed E-state index contributed by atoms with van der Waals surface area (Å²) < 4.78 is 33.8. The third kappa shape index (κ3) is 3.87. The molecule has 150 valence electrons. The minimum Gasteiger partial charge on any atom is -0.455 e. The van der Waals surface area contributed by atoms with Gasteiger partial charge in [-0.2, -0.15) is 4.31 Å². The van der Waals surface area contributed by atoms with Crippen LogP contribution in [0.3, 0.4) is 0 Å². The van der Waals surface area contributed by atoms with E-state index >= 15 is 0 Å². The zero-order chi connectivity index (χ0) is 20.5. The van der Waals surface area contributed by atoms with E-state index in [1.165, 1.54) is 16.4 Å². The maximum absolute atomic E-state index is 13.2. The van der Waals surface area contributed by atoms with Gasteiger partial charge in [0.1, 0.15) is 16.4 Å². The Labute approximate surface area is 164 Å². The molecule has 0 amide bonds.